The van der Waals surface area contributed by atoms with Crippen LogP contribution in [0.25, 0.3) is 11.0 Å². The molecule has 232 valence electrons. The summed E-state index contributed by atoms with van der Waals surface area (Å²) in [6, 6.07) is 4.80. The number of methoxy groups -OCH3 is 1. The summed E-state index contributed by atoms with van der Waals surface area (Å²) < 4.78 is 26.2. The fourth-order valence-electron chi connectivity index (χ4n) is 5.77. The fraction of sp³-hybridized carbons (Fsp3) is 0.552. The Hall–Kier alpha value is -4.17. The lowest BCUT2D eigenvalue weighted by Gasteiger charge is -2.42. The minimum Gasteiger partial charge on any atom is -0.494 e. The third kappa shape index (κ3) is 6.75. The Balaban J connectivity index is 1.28. The standard InChI is InChI=1S/C29H39N7O7/c1-4-36-22(14-18(2)34-36)26(38)33-27-32-21-15-19(25(30)37)16-23(40-3)24(21)35(27)10-5-9-31-28(39)43-20-6-11-42-29(17-20)7-12-41-13-8-29/h14-16,20H,4-13,17H2,1-3H3,(H2,30,37)(H,31,39)(H,32,33,38)/t20-/m1/s1. The number of nitrogens with two attached hydrogens (primary N) is 1. The van der Waals surface area contributed by atoms with E-state index >= 15 is 0 Å². The first-order valence-electron chi connectivity index (χ1n) is 14.6. The third-order valence-corrected chi connectivity index (χ3v) is 7.92. The van der Waals surface area contributed by atoms with Crippen molar-refractivity contribution in [2.45, 2.75) is 70.7 Å². The Morgan fingerprint density at radius 1 is 1.19 bits per heavy atom. The number of anilines is 1. The van der Waals surface area contributed by atoms with Gasteiger partial charge in [-0.15, -0.1) is 0 Å². The van der Waals surface area contributed by atoms with E-state index in [4.69, 9.17) is 24.7 Å². The summed E-state index contributed by atoms with van der Waals surface area (Å²) in [5.74, 6) is -0.373. The average Bonchev–Trinajstić information content (AvgIpc) is 3.54. The van der Waals surface area contributed by atoms with Crippen molar-refractivity contribution in [3.63, 3.8) is 0 Å². The van der Waals surface area contributed by atoms with Crippen LogP contribution in [0.5, 0.6) is 5.75 Å². The molecular weight excluding hydrogens is 558 g/mol. The molecule has 0 radical (unpaired) electrons. The molecule has 1 atom stereocenters. The van der Waals surface area contributed by atoms with Gasteiger partial charge in [0.2, 0.25) is 11.9 Å². The van der Waals surface area contributed by atoms with Gasteiger partial charge in [0.15, 0.2) is 0 Å². The Labute approximate surface area is 249 Å². The van der Waals surface area contributed by atoms with Crippen molar-refractivity contribution in [1.82, 2.24) is 24.6 Å². The molecule has 2 fully saturated rings. The molecule has 43 heavy (non-hydrogen) atoms. The summed E-state index contributed by atoms with van der Waals surface area (Å²) in [5, 5.41) is 10.1. The van der Waals surface area contributed by atoms with Crippen molar-refractivity contribution in [3.8, 4) is 5.75 Å². The minimum atomic E-state index is -0.627. The van der Waals surface area contributed by atoms with Crippen LogP contribution in [0.3, 0.4) is 0 Å². The average molecular weight is 598 g/mol. The molecule has 4 heterocycles. The maximum atomic E-state index is 13.3. The van der Waals surface area contributed by atoms with Gasteiger partial charge >= 0.3 is 6.09 Å². The Kier molecular flexibility index (Phi) is 9.16. The number of carbonyl (C=O) groups is 3. The minimum absolute atomic E-state index is 0.213. The molecule has 3 amide bonds. The second kappa shape index (κ2) is 13.0. The molecule has 0 unspecified atom stereocenters. The van der Waals surface area contributed by atoms with Gasteiger partial charge in [0.05, 0.1) is 30.5 Å². The number of nitrogens with one attached hydrogen (secondary N) is 2. The molecule has 3 aromatic rings. The van der Waals surface area contributed by atoms with Crippen LogP contribution in [0.1, 0.15) is 65.6 Å². The van der Waals surface area contributed by atoms with Crippen molar-refractivity contribution in [1.29, 1.82) is 0 Å². The maximum Gasteiger partial charge on any atom is 0.407 e. The van der Waals surface area contributed by atoms with Crippen molar-refractivity contribution < 1.29 is 33.3 Å². The van der Waals surface area contributed by atoms with Crippen LogP contribution in [0.15, 0.2) is 18.2 Å². The molecule has 5 rings (SSSR count). The zero-order chi connectivity index (χ0) is 30.6. The highest BCUT2D eigenvalue weighted by molar-refractivity contribution is 6.04. The highest BCUT2D eigenvalue weighted by Crippen LogP contribution is 2.35. The van der Waals surface area contributed by atoms with Crippen molar-refractivity contribution in [2.24, 2.45) is 5.73 Å². The van der Waals surface area contributed by atoms with E-state index in [0.717, 1.165) is 18.5 Å². The monoisotopic (exact) mass is 597 g/mol. The van der Waals surface area contributed by atoms with Gasteiger partial charge in [0.1, 0.15) is 23.1 Å². The maximum absolute atomic E-state index is 13.3. The first kappa shape index (κ1) is 30.3. The summed E-state index contributed by atoms with van der Waals surface area (Å²) >= 11 is 0. The van der Waals surface area contributed by atoms with Crippen LogP contribution in [0.4, 0.5) is 10.7 Å². The summed E-state index contributed by atoms with van der Waals surface area (Å²) in [5.41, 5.74) is 7.60. The van der Waals surface area contributed by atoms with E-state index < -0.39 is 12.0 Å². The number of primary amides is 1. The number of fused-ring (bicyclic) bond motifs is 1. The number of aromatic nitrogens is 4. The first-order valence-corrected chi connectivity index (χ1v) is 14.6. The smallest absolute Gasteiger partial charge is 0.407 e. The van der Waals surface area contributed by atoms with Gasteiger partial charge in [-0.25, -0.2) is 9.78 Å². The lowest BCUT2D eigenvalue weighted by molar-refractivity contribution is -0.159. The lowest BCUT2D eigenvalue weighted by atomic mass is 9.85. The Bertz CT molecular complexity index is 1490. The molecule has 4 N–H and O–H groups in total. The number of ether oxygens (including phenoxy) is 4. The van der Waals surface area contributed by atoms with E-state index in [2.05, 4.69) is 20.7 Å². The number of nitrogens with zero attached hydrogens (tertiary/aromatic N) is 4. The van der Waals surface area contributed by atoms with Crippen LogP contribution in [-0.4, -0.2) is 82.4 Å². The Morgan fingerprint density at radius 3 is 2.70 bits per heavy atom. The molecule has 14 heteroatoms. The normalized spacial score (nSPS) is 18.0. The molecular formula is C29H39N7O7. The number of hydrogen-bond acceptors (Lipinski definition) is 9. The second-order valence-corrected chi connectivity index (χ2v) is 10.9. The molecule has 0 saturated carbocycles. The van der Waals surface area contributed by atoms with Gasteiger partial charge in [-0.05, 0) is 51.3 Å². The lowest BCUT2D eigenvalue weighted by Crippen LogP contribution is -2.47. The number of carbonyl (C=O) groups excluding carboxylic acids is 3. The van der Waals surface area contributed by atoms with Gasteiger partial charge < -0.3 is 34.6 Å². The first-order chi connectivity index (χ1) is 20.7. The van der Waals surface area contributed by atoms with Crippen LogP contribution < -0.4 is 21.1 Å². The summed E-state index contributed by atoms with van der Waals surface area (Å²) in [6.45, 7) is 6.78. The zero-order valence-electron chi connectivity index (χ0n) is 24.8. The van der Waals surface area contributed by atoms with E-state index in [1.54, 1.807) is 27.4 Å². The molecule has 1 spiro atoms. The molecule has 2 aliphatic heterocycles. The van der Waals surface area contributed by atoms with Crippen LogP contribution in [0.2, 0.25) is 0 Å². The number of rotatable bonds is 10. The molecule has 14 nitrogen and oxygen atoms in total. The predicted octanol–water partition coefficient (Wildman–Crippen LogP) is 2.77. The van der Waals surface area contributed by atoms with Gasteiger partial charge in [-0.2, -0.15) is 5.10 Å². The number of amides is 3. The molecule has 2 aromatic heterocycles. The molecule has 1 aromatic carbocycles. The zero-order valence-corrected chi connectivity index (χ0v) is 24.8. The highest BCUT2D eigenvalue weighted by Gasteiger charge is 2.40. The summed E-state index contributed by atoms with van der Waals surface area (Å²) in [6.07, 6.45) is 2.72. The number of benzene rings is 1. The second-order valence-electron chi connectivity index (χ2n) is 10.9. The van der Waals surface area contributed by atoms with Gasteiger partial charge in [0.25, 0.3) is 5.91 Å². The van der Waals surface area contributed by atoms with Crippen molar-refractivity contribution in [3.05, 3.63) is 35.2 Å². The number of imidazole rings is 1. The largest absolute Gasteiger partial charge is 0.494 e. The number of alkyl carbamates (subject to hydrolysis) is 1. The molecule has 0 aliphatic carbocycles. The van der Waals surface area contributed by atoms with E-state index in [1.165, 1.54) is 7.11 Å². The predicted molar refractivity (Wildman–Crippen MR) is 156 cm³/mol. The van der Waals surface area contributed by atoms with Gasteiger partial charge in [-0.3, -0.25) is 19.6 Å². The molecule has 2 saturated heterocycles. The fourth-order valence-corrected chi connectivity index (χ4v) is 5.77. The summed E-state index contributed by atoms with van der Waals surface area (Å²) in [7, 11) is 1.48. The Morgan fingerprint density at radius 2 is 1.98 bits per heavy atom. The van der Waals surface area contributed by atoms with Crippen LogP contribution in [0, 0.1) is 6.92 Å². The van der Waals surface area contributed by atoms with Crippen molar-refractivity contribution in [2.75, 3.05) is 38.8 Å². The van der Waals surface area contributed by atoms with Gasteiger partial charge in [0, 0.05) is 51.3 Å². The number of aryl methyl sites for hydroxylation is 3. The number of hydrogen-bond donors (Lipinski definition) is 3. The molecule has 2 aliphatic rings. The highest BCUT2D eigenvalue weighted by atomic mass is 16.6. The topological polar surface area (TPSA) is 174 Å². The van der Waals surface area contributed by atoms with E-state index in [1.807, 2.05) is 13.8 Å². The van der Waals surface area contributed by atoms with Crippen LogP contribution >= 0.6 is 0 Å². The van der Waals surface area contributed by atoms with Crippen molar-refractivity contribution >= 4 is 34.9 Å². The van der Waals surface area contributed by atoms with E-state index in [-0.39, 0.29) is 29.1 Å². The van der Waals surface area contributed by atoms with Crippen LogP contribution in [-0.2, 0) is 27.3 Å². The SMILES string of the molecule is CCn1nc(C)cc1C(=O)Nc1nc2cc(C(N)=O)cc(OC)c2n1CCCNC(=O)O[C@@H]1CCOC2(CCOCC2)C1. The quantitative estimate of drug-likeness (QED) is 0.297. The third-order valence-electron chi connectivity index (χ3n) is 7.92. The van der Waals surface area contributed by atoms with E-state index in [9.17, 15) is 14.4 Å². The molecule has 0 bridgehead atoms. The summed E-state index contributed by atoms with van der Waals surface area (Å²) in [4.78, 5) is 42.4. The van der Waals surface area contributed by atoms with Gasteiger partial charge in [-0.1, -0.05) is 0 Å². The van der Waals surface area contributed by atoms with E-state index in [0.29, 0.717) is 81.2 Å².